The van der Waals surface area contributed by atoms with Crippen molar-refractivity contribution in [2.75, 3.05) is 6.16 Å². The van der Waals surface area contributed by atoms with Crippen molar-refractivity contribution in [2.45, 2.75) is 0 Å². The maximum atomic E-state index is 9.24. The highest BCUT2D eigenvalue weighted by Crippen LogP contribution is 1.71. The molecule has 0 aliphatic heterocycles. The molecule has 0 aromatic heterocycles. The van der Waals surface area contributed by atoms with Crippen LogP contribution in [0.3, 0.4) is 0 Å². The van der Waals surface area contributed by atoms with Crippen molar-refractivity contribution in [2.24, 2.45) is 0 Å². The lowest BCUT2D eigenvalue weighted by Crippen LogP contribution is -2.22. The van der Waals surface area contributed by atoms with Crippen molar-refractivity contribution < 1.29 is 9.90 Å². The Morgan fingerprint density at radius 1 is 2.00 bits per heavy atom. The Bertz CT molecular complexity index is 42.9. The van der Waals surface area contributed by atoms with Crippen LogP contribution in [-0.4, -0.2) is 12.1 Å². The summed E-state index contributed by atoms with van der Waals surface area (Å²) in [7, 11) is 2.03. The second-order valence-electron chi connectivity index (χ2n) is 0.576. The SMILES string of the molecule is O=C([O-])CP. The van der Waals surface area contributed by atoms with Crippen molar-refractivity contribution >= 4 is 15.2 Å². The Morgan fingerprint density at radius 2 is 2.20 bits per heavy atom. The average molecular weight is 91.0 g/mol. The fraction of sp³-hybridized carbons (Fsp3) is 0.500. The smallest absolute Gasteiger partial charge is 0.0452 e. The number of aliphatic carboxylic acids is 1. The van der Waals surface area contributed by atoms with E-state index in [-0.39, 0.29) is 6.16 Å². The van der Waals surface area contributed by atoms with Gasteiger partial charge in [-0.1, -0.05) is 0 Å². The Kier molecular flexibility index (Phi) is 2.11. The van der Waals surface area contributed by atoms with E-state index >= 15 is 0 Å². The summed E-state index contributed by atoms with van der Waals surface area (Å²) in [5.74, 6) is -1.03. The van der Waals surface area contributed by atoms with Gasteiger partial charge in [0.2, 0.25) is 0 Å². The molecule has 0 amide bonds. The predicted molar refractivity (Wildman–Crippen MR) is 19.6 cm³/mol. The minimum atomic E-state index is -1.03. The molecule has 1 atom stereocenters. The predicted octanol–water partition coefficient (Wildman–Crippen LogP) is -1.39. The van der Waals surface area contributed by atoms with E-state index in [0.29, 0.717) is 0 Å². The fourth-order valence-corrected chi connectivity index (χ4v) is 0. The molecule has 0 bridgehead atoms. The lowest BCUT2D eigenvalue weighted by Gasteiger charge is -1.87. The second-order valence-corrected chi connectivity index (χ2v) is 0.984. The van der Waals surface area contributed by atoms with Crippen LogP contribution >= 0.6 is 9.24 Å². The third-order valence-corrected chi connectivity index (χ3v) is 0.500. The van der Waals surface area contributed by atoms with Crippen molar-refractivity contribution in [3.63, 3.8) is 0 Å². The van der Waals surface area contributed by atoms with E-state index in [4.69, 9.17) is 0 Å². The molecule has 0 aromatic rings. The Labute approximate surface area is 32.4 Å². The molecule has 0 N–H and O–H groups in total. The first-order valence-electron chi connectivity index (χ1n) is 1.17. The van der Waals surface area contributed by atoms with E-state index in [1.54, 1.807) is 0 Å². The van der Waals surface area contributed by atoms with Gasteiger partial charge in [0, 0.05) is 12.1 Å². The monoisotopic (exact) mass is 91.0 g/mol. The summed E-state index contributed by atoms with van der Waals surface area (Å²) in [5, 5.41) is 9.24. The van der Waals surface area contributed by atoms with Crippen LogP contribution in [0.25, 0.3) is 0 Å². The van der Waals surface area contributed by atoms with Crippen LogP contribution in [0, 0.1) is 0 Å². The lowest BCUT2D eigenvalue weighted by atomic mass is 10.8. The molecule has 30 valence electrons. The van der Waals surface area contributed by atoms with Gasteiger partial charge in [-0.25, -0.2) is 0 Å². The summed E-state index contributed by atoms with van der Waals surface area (Å²) in [6.07, 6.45) is 0.0278. The van der Waals surface area contributed by atoms with E-state index in [1.165, 1.54) is 0 Å². The molecule has 0 saturated carbocycles. The quantitative estimate of drug-likeness (QED) is 0.373. The number of rotatable bonds is 1. The first kappa shape index (κ1) is 4.90. The molecular formula is C2H4O2P-. The summed E-state index contributed by atoms with van der Waals surface area (Å²) in [4.78, 5) is 9.24. The highest BCUT2D eigenvalue weighted by Gasteiger charge is 1.65. The van der Waals surface area contributed by atoms with Crippen molar-refractivity contribution in [1.82, 2.24) is 0 Å². The van der Waals surface area contributed by atoms with Gasteiger partial charge >= 0.3 is 0 Å². The van der Waals surface area contributed by atoms with Gasteiger partial charge in [0.1, 0.15) is 0 Å². The highest BCUT2D eigenvalue weighted by atomic mass is 31.0. The molecule has 0 rings (SSSR count). The Hall–Kier alpha value is -0.100. The topological polar surface area (TPSA) is 40.1 Å². The molecule has 5 heavy (non-hydrogen) atoms. The van der Waals surface area contributed by atoms with Crippen LogP contribution in [0.5, 0.6) is 0 Å². The zero-order valence-corrected chi connectivity index (χ0v) is 3.76. The second kappa shape index (κ2) is 2.16. The highest BCUT2D eigenvalue weighted by molar-refractivity contribution is 7.18. The third-order valence-electron chi connectivity index (χ3n) is 0.167. The minimum Gasteiger partial charge on any atom is -0.550 e. The van der Waals surface area contributed by atoms with Gasteiger partial charge in [-0.15, -0.1) is 9.24 Å². The molecule has 0 saturated heterocycles. The van der Waals surface area contributed by atoms with Crippen LogP contribution in [0.2, 0.25) is 0 Å². The molecule has 0 spiro atoms. The zero-order chi connectivity index (χ0) is 4.28. The third kappa shape index (κ3) is 3.90. The lowest BCUT2D eigenvalue weighted by molar-refractivity contribution is -0.301. The van der Waals surface area contributed by atoms with Gasteiger partial charge in [-0.3, -0.25) is 0 Å². The van der Waals surface area contributed by atoms with Crippen molar-refractivity contribution in [3.8, 4) is 0 Å². The molecule has 0 fully saturated rings. The maximum Gasteiger partial charge on any atom is 0.0452 e. The molecule has 0 aromatic carbocycles. The molecule has 3 heteroatoms. The molecule has 0 heterocycles. The van der Waals surface area contributed by atoms with Crippen LogP contribution in [0.15, 0.2) is 0 Å². The average Bonchev–Trinajstić information content (AvgIpc) is 1.38. The largest absolute Gasteiger partial charge is 0.550 e. The van der Waals surface area contributed by atoms with Gasteiger partial charge in [0.15, 0.2) is 0 Å². The van der Waals surface area contributed by atoms with E-state index in [1.807, 2.05) is 9.24 Å². The van der Waals surface area contributed by atoms with E-state index in [2.05, 4.69) is 0 Å². The van der Waals surface area contributed by atoms with Crippen molar-refractivity contribution in [3.05, 3.63) is 0 Å². The first-order chi connectivity index (χ1) is 2.27. The summed E-state index contributed by atoms with van der Waals surface area (Å²) in [6, 6.07) is 0. The number of hydrogen-bond acceptors (Lipinski definition) is 2. The standard InChI is InChI=1S/C2H5O2P/c3-2(4)1-5/h1,5H2,(H,3,4)/p-1. The number of carboxylic acids is 1. The first-order valence-corrected chi connectivity index (χ1v) is 1.99. The molecule has 0 aliphatic carbocycles. The summed E-state index contributed by atoms with van der Waals surface area (Å²) >= 11 is 0. The number of hydrogen-bond donors (Lipinski definition) is 0. The van der Waals surface area contributed by atoms with Crippen LogP contribution in [-0.2, 0) is 4.79 Å². The van der Waals surface area contributed by atoms with E-state index in [9.17, 15) is 9.90 Å². The summed E-state index contributed by atoms with van der Waals surface area (Å²) in [6.45, 7) is 0. The molecular weight excluding hydrogens is 87.0 g/mol. The number of carbonyl (C=O) groups excluding carboxylic acids is 1. The van der Waals surface area contributed by atoms with Crippen LogP contribution < -0.4 is 5.11 Å². The van der Waals surface area contributed by atoms with Gasteiger partial charge in [-0.05, 0) is 0 Å². The number of carbonyl (C=O) groups is 1. The normalized spacial score (nSPS) is 7.40. The van der Waals surface area contributed by atoms with Gasteiger partial charge in [-0.2, -0.15) is 0 Å². The Morgan fingerprint density at radius 3 is 2.20 bits per heavy atom. The Balaban J connectivity index is 2.85. The van der Waals surface area contributed by atoms with E-state index in [0.717, 1.165) is 0 Å². The number of carboxylic acid groups (broad SMARTS) is 1. The molecule has 0 radical (unpaired) electrons. The molecule has 1 unspecified atom stereocenters. The van der Waals surface area contributed by atoms with Gasteiger partial charge < -0.3 is 9.90 Å². The van der Waals surface area contributed by atoms with Crippen molar-refractivity contribution in [1.29, 1.82) is 0 Å². The summed E-state index contributed by atoms with van der Waals surface area (Å²) in [5.41, 5.74) is 0. The van der Waals surface area contributed by atoms with E-state index < -0.39 is 5.97 Å². The zero-order valence-electron chi connectivity index (χ0n) is 2.60. The van der Waals surface area contributed by atoms with Crippen LogP contribution in [0.1, 0.15) is 0 Å². The van der Waals surface area contributed by atoms with Gasteiger partial charge in [0.25, 0.3) is 0 Å². The minimum absolute atomic E-state index is 0.0278. The fourth-order valence-electron chi connectivity index (χ4n) is 0. The molecule has 0 aliphatic rings. The summed E-state index contributed by atoms with van der Waals surface area (Å²) < 4.78 is 0. The van der Waals surface area contributed by atoms with Crippen LogP contribution in [0.4, 0.5) is 0 Å². The maximum absolute atomic E-state index is 9.24. The van der Waals surface area contributed by atoms with Gasteiger partial charge in [0.05, 0.1) is 0 Å². The molecule has 2 nitrogen and oxygen atoms in total.